The third-order valence-electron chi connectivity index (χ3n) is 2.40. The zero-order chi connectivity index (χ0) is 9.73. The third-order valence-corrected chi connectivity index (χ3v) is 3.70. The second kappa shape index (κ2) is 5.28. The van der Waals surface area contributed by atoms with Crippen molar-refractivity contribution in [1.82, 2.24) is 0 Å². The van der Waals surface area contributed by atoms with E-state index < -0.39 is 0 Å². The molecule has 0 saturated carbocycles. The molecular weight excluding hydrogens is 227 g/mol. The maximum absolute atomic E-state index is 11.0. The lowest BCUT2D eigenvalue weighted by molar-refractivity contribution is -0.116. The fourth-order valence-corrected chi connectivity index (χ4v) is 2.89. The Morgan fingerprint density at radius 3 is 2.46 bits per heavy atom. The molecule has 1 fully saturated rings. The van der Waals surface area contributed by atoms with Crippen LogP contribution in [-0.2, 0) is 4.79 Å². The maximum Gasteiger partial charge on any atom is 0.126 e. The number of hydrogen-bond acceptors (Lipinski definition) is 2. The van der Waals surface area contributed by atoms with Crippen LogP contribution in [0.5, 0.6) is 0 Å². The predicted molar refractivity (Wildman–Crippen MR) is 59.5 cm³/mol. The minimum Gasteiger partial charge on any atom is -0.303 e. The van der Waals surface area contributed by atoms with Gasteiger partial charge in [-0.25, -0.2) is 0 Å². The zero-order valence-electron chi connectivity index (χ0n) is 7.26. The number of aldehydes is 1. The average Bonchev–Trinajstić information content (AvgIpc) is 2.16. The number of thioether (sulfide) groups is 1. The summed E-state index contributed by atoms with van der Waals surface area (Å²) in [6, 6.07) is 0. The van der Waals surface area contributed by atoms with Gasteiger partial charge in [0, 0.05) is 5.41 Å². The SMILES string of the molecule is O=CC1(CC=C(Cl)Cl)CCSCC1. The van der Waals surface area contributed by atoms with Crippen LogP contribution >= 0.6 is 35.0 Å². The Balaban J connectivity index is 2.57. The van der Waals surface area contributed by atoms with Crippen molar-refractivity contribution in [2.75, 3.05) is 11.5 Å². The third kappa shape index (κ3) is 3.53. The van der Waals surface area contributed by atoms with E-state index in [0.717, 1.165) is 30.6 Å². The molecule has 0 aliphatic carbocycles. The minimum absolute atomic E-state index is 0.194. The first-order valence-corrected chi connectivity index (χ1v) is 6.15. The van der Waals surface area contributed by atoms with Crippen LogP contribution in [0.15, 0.2) is 10.6 Å². The number of allylic oxidation sites excluding steroid dienone is 1. The molecule has 1 nitrogen and oxygen atoms in total. The van der Waals surface area contributed by atoms with E-state index in [1.54, 1.807) is 6.08 Å². The summed E-state index contributed by atoms with van der Waals surface area (Å²) in [5, 5.41) is 0. The van der Waals surface area contributed by atoms with Gasteiger partial charge < -0.3 is 4.79 Å². The second-order valence-corrected chi connectivity index (χ2v) is 5.52. The van der Waals surface area contributed by atoms with E-state index in [4.69, 9.17) is 23.2 Å². The average molecular weight is 239 g/mol. The Labute approximate surface area is 92.9 Å². The molecule has 0 amide bonds. The van der Waals surface area contributed by atoms with Crippen molar-refractivity contribution in [3.8, 4) is 0 Å². The molecule has 1 aliphatic heterocycles. The van der Waals surface area contributed by atoms with Crippen molar-refractivity contribution in [2.45, 2.75) is 19.3 Å². The molecule has 1 rings (SSSR count). The van der Waals surface area contributed by atoms with Gasteiger partial charge in [-0.1, -0.05) is 29.3 Å². The Morgan fingerprint density at radius 2 is 2.00 bits per heavy atom. The van der Waals surface area contributed by atoms with Gasteiger partial charge in [-0.15, -0.1) is 0 Å². The lowest BCUT2D eigenvalue weighted by Gasteiger charge is -2.30. The summed E-state index contributed by atoms with van der Waals surface area (Å²) in [5.74, 6) is 2.12. The van der Waals surface area contributed by atoms with E-state index in [0.29, 0.717) is 6.42 Å². The molecule has 0 aromatic rings. The van der Waals surface area contributed by atoms with Gasteiger partial charge in [0.1, 0.15) is 10.8 Å². The quantitative estimate of drug-likeness (QED) is 0.702. The highest BCUT2D eigenvalue weighted by Crippen LogP contribution is 2.37. The van der Waals surface area contributed by atoms with Gasteiger partial charge in [-0.3, -0.25) is 0 Å². The van der Waals surface area contributed by atoms with Crippen LogP contribution in [0.3, 0.4) is 0 Å². The maximum atomic E-state index is 11.0. The fourth-order valence-electron chi connectivity index (χ4n) is 1.43. The van der Waals surface area contributed by atoms with Crippen molar-refractivity contribution in [1.29, 1.82) is 0 Å². The fraction of sp³-hybridized carbons (Fsp3) is 0.667. The molecule has 0 bridgehead atoms. The van der Waals surface area contributed by atoms with Gasteiger partial charge in [0.2, 0.25) is 0 Å². The van der Waals surface area contributed by atoms with Crippen LogP contribution in [0.1, 0.15) is 19.3 Å². The number of carbonyl (C=O) groups is 1. The predicted octanol–water partition coefficient (Wildman–Crippen LogP) is 3.41. The van der Waals surface area contributed by atoms with Crippen LogP contribution in [-0.4, -0.2) is 17.8 Å². The molecule has 0 unspecified atom stereocenters. The van der Waals surface area contributed by atoms with Crippen molar-refractivity contribution in [3.63, 3.8) is 0 Å². The molecule has 1 aliphatic rings. The van der Waals surface area contributed by atoms with E-state index in [9.17, 15) is 4.79 Å². The van der Waals surface area contributed by atoms with Crippen molar-refractivity contribution in [2.24, 2.45) is 5.41 Å². The topological polar surface area (TPSA) is 17.1 Å². The molecule has 0 aromatic carbocycles. The van der Waals surface area contributed by atoms with Crippen LogP contribution in [0.2, 0.25) is 0 Å². The van der Waals surface area contributed by atoms with E-state index in [-0.39, 0.29) is 9.91 Å². The molecule has 1 heterocycles. The minimum atomic E-state index is -0.194. The highest BCUT2D eigenvalue weighted by Gasteiger charge is 2.30. The summed E-state index contributed by atoms with van der Waals surface area (Å²) >= 11 is 12.9. The van der Waals surface area contributed by atoms with E-state index in [2.05, 4.69) is 0 Å². The standard InChI is InChI=1S/C9H12Cl2OS/c10-8(11)1-2-9(7-12)3-5-13-6-4-9/h1,7H,2-6H2. The van der Waals surface area contributed by atoms with Crippen molar-refractivity contribution >= 4 is 41.2 Å². The molecule has 0 radical (unpaired) electrons. The molecule has 0 spiro atoms. The summed E-state index contributed by atoms with van der Waals surface area (Å²) in [4.78, 5) is 11.0. The van der Waals surface area contributed by atoms with Gasteiger partial charge in [-0.05, 0) is 30.8 Å². The molecular formula is C9H12Cl2OS. The number of rotatable bonds is 3. The Hall–Kier alpha value is 0.340. The lowest BCUT2D eigenvalue weighted by Crippen LogP contribution is -2.27. The van der Waals surface area contributed by atoms with Crippen LogP contribution < -0.4 is 0 Å². The number of hydrogen-bond donors (Lipinski definition) is 0. The van der Waals surface area contributed by atoms with Crippen molar-refractivity contribution < 1.29 is 4.79 Å². The molecule has 13 heavy (non-hydrogen) atoms. The lowest BCUT2D eigenvalue weighted by atomic mass is 9.80. The summed E-state index contributed by atoms with van der Waals surface area (Å²) < 4.78 is 0.263. The largest absolute Gasteiger partial charge is 0.303 e. The molecule has 74 valence electrons. The summed E-state index contributed by atoms with van der Waals surface area (Å²) in [6.45, 7) is 0. The first kappa shape index (κ1) is 11.4. The molecule has 0 atom stereocenters. The van der Waals surface area contributed by atoms with Gasteiger partial charge >= 0.3 is 0 Å². The summed E-state index contributed by atoms with van der Waals surface area (Å²) in [6.07, 6.45) is 5.37. The van der Waals surface area contributed by atoms with Gasteiger partial charge in [0.05, 0.1) is 0 Å². The van der Waals surface area contributed by atoms with E-state index in [1.807, 2.05) is 11.8 Å². The Bertz CT molecular complexity index is 206. The molecule has 1 saturated heterocycles. The highest BCUT2D eigenvalue weighted by atomic mass is 35.5. The first-order valence-electron chi connectivity index (χ1n) is 4.24. The van der Waals surface area contributed by atoms with Crippen LogP contribution in [0.4, 0.5) is 0 Å². The van der Waals surface area contributed by atoms with Gasteiger partial charge in [-0.2, -0.15) is 11.8 Å². The number of carbonyl (C=O) groups excluding carboxylic acids is 1. The zero-order valence-corrected chi connectivity index (χ0v) is 9.59. The van der Waals surface area contributed by atoms with Crippen LogP contribution in [0.25, 0.3) is 0 Å². The normalized spacial score (nSPS) is 20.8. The molecule has 4 heteroatoms. The molecule has 0 aromatic heterocycles. The van der Waals surface area contributed by atoms with Crippen molar-refractivity contribution in [3.05, 3.63) is 10.6 Å². The highest BCUT2D eigenvalue weighted by molar-refractivity contribution is 7.99. The Kier molecular flexibility index (Phi) is 4.63. The van der Waals surface area contributed by atoms with E-state index >= 15 is 0 Å². The second-order valence-electron chi connectivity index (χ2n) is 3.29. The first-order chi connectivity index (χ1) is 6.18. The van der Waals surface area contributed by atoms with Gasteiger partial charge in [0.25, 0.3) is 0 Å². The molecule has 0 N–H and O–H groups in total. The van der Waals surface area contributed by atoms with Crippen LogP contribution in [0, 0.1) is 5.41 Å². The van der Waals surface area contributed by atoms with Gasteiger partial charge in [0.15, 0.2) is 0 Å². The van der Waals surface area contributed by atoms with E-state index in [1.165, 1.54) is 0 Å². The summed E-state index contributed by atoms with van der Waals surface area (Å²) in [5.41, 5.74) is -0.194. The monoisotopic (exact) mass is 238 g/mol. The number of halogens is 2. The Morgan fingerprint density at radius 1 is 1.38 bits per heavy atom. The summed E-state index contributed by atoms with van der Waals surface area (Å²) in [7, 11) is 0. The smallest absolute Gasteiger partial charge is 0.126 e.